The van der Waals surface area contributed by atoms with Gasteiger partial charge in [0.1, 0.15) is 17.1 Å². The smallest absolute Gasteiger partial charge is 0.263 e. The molecular formula is C22H22N2O4. The van der Waals surface area contributed by atoms with Gasteiger partial charge < -0.3 is 19.4 Å². The molecule has 6 heteroatoms. The molecule has 144 valence electrons. The molecule has 6 nitrogen and oxygen atoms in total. The van der Waals surface area contributed by atoms with E-state index in [2.05, 4.69) is 5.32 Å². The van der Waals surface area contributed by atoms with E-state index < -0.39 is 5.91 Å². The molecule has 3 aromatic rings. The van der Waals surface area contributed by atoms with Crippen LogP contribution in [0.1, 0.15) is 21.5 Å². The summed E-state index contributed by atoms with van der Waals surface area (Å²) >= 11 is 0. The van der Waals surface area contributed by atoms with Gasteiger partial charge in [-0.3, -0.25) is 9.59 Å². The quantitative estimate of drug-likeness (QED) is 0.713. The Hall–Kier alpha value is -3.54. The second-order valence-corrected chi connectivity index (χ2v) is 6.36. The van der Waals surface area contributed by atoms with E-state index in [4.69, 9.17) is 9.47 Å². The monoisotopic (exact) mass is 378 g/mol. The number of nitrogens with one attached hydrogen (secondary N) is 1. The Morgan fingerprint density at radius 1 is 1.04 bits per heavy atom. The molecule has 0 atom stereocenters. The summed E-state index contributed by atoms with van der Waals surface area (Å²) in [5.41, 5.74) is 2.14. The van der Waals surface area contributed by atoms with Crippen molar-refractivity contribution in [2.75, 3.05) is 19.5 Å². The number of nitrogens with zero attached hydrogens (tertiary/aromatic N) is 1. The molecule has 0 radical (unpaired) electrons. The molecule has 0 aliphatic carbocycles. The summed E-state index contributed by atoms with van der Waals surface area (Å²) in [5, 5.41) is 2.77. The molecule has 0 aliphatic rings. The van der Waals surface area contributed by atoms with E-state index in [9.17, 15) is 9.59 Å². The van der Waals surface area contributed by atoms with Crippen LogP contribution in [0.15, 0.2) is 65.6 Å². The van der Waals surface area contributed by atoms with Crippen LogP contribution in [0.5, 0.6) is 11.5 Å². The highest BCUT2D eigenvalue weighted by atomic mass is 16.5. The summed E-state index contributed by atoms with van der Waals surface area (Å²) in [6.45, 7) is 2.27. The number of pyridine rings is 1. The van der Waals surface area contributed by atoms with Crippen LogP contribution in [-0.2, 0) is 6.54 Å². The number of rotatable bonds is 6. The minimum Gasteiger partial charge on any atom is -0.497 e. The summed E-state index contributed by atoms with van der Waals surface area (Å²) in [5.74, 6) is 0.808. The van der Waals surface area contributed by atoms with E-state index in [0.717, 1.165) is 16.9 Å². The van der Waals surface area contributed by atoms with Crippen LogP contribution < -0.4 is 20.3 Å². The van der Waals surface area contributed by atoms with Gasteiger partial charge in [0.25, 0.3) is 11.5 Å². The molecule has 1 aromatic heterocycles. The highest BCUT2D eigenvalue weighted by Crippen LogP contribution is 2.25. The minimum atomic E-state index is -0.474. The fraction of sp³-hybridized carbons (Fsp3) is 0.182. The van der Waals surface area contributed by atoms with E-state index in [0.29, 0.717) is 18.0 Å². The maximum Gasteiger partial charge on any atom is 0.263 e. The Bertz CT molecular complexity index is 1040. The normalized spacial score (nSPS) is 10.4. The molecule has 0 aliphatic heterocycles. The molecule has 0 unspecified atom stereocenters. The first-order chi connectivity index (χ1) is 13.5. The van der Waals surface area contributed by atoms with Crippen molar-refractivity contribution in [2.24, 2.45) is 0 Å². The standard InChI is InChI=1S/C22H22N2O4/c1-15-6-11-20(28-3)19(13-15)23-21(25)18-5-4-12-24(22(18)26)14-16-7-9-17(27-2)10-8-16/h4-13H,14H2,1-3H3,(H,23,25). The molecule has 0 saturated heterocycles. The zero-order chi connectivity index (χ0) is 20.1. The van der Waals surface area contributed by atoms with Crippen molar-refractivity contribution >= 4 is 11.6 Å². The van der Waals surface area contributed by atoms with E-state index in [-0.39, 0.29) is 11.1 Å². The van der Waals surface area contributed by atoms with Crippen molar-refractivity contribution in [2.45, 2.75) is 13.5 Å². The summed E-state index contributed by atoms with van der Waals surface area (Å²) in [6, 6.07) is 16.1. The number of anilines is 1. The second-order valence-electron chi connectivity index (χ2n) is 6.36. The lowest BCUT2D eigenvalue weighted by atomic mass is 10.2. The van der Waals surface area contributed by atoms with Gasteiger partial charge in [0.2, 0.25) is 0 Å². The van der Waals surface area contributed by atoms with Gasteiger partial charge in [0.05, 0.1) is 26.5 Å². The number of carbonyl (C=O) groups is 1. The van der Waals surface area contributed by atoms with Crippen LogP contribution in [0.2, 0.25) is 0 Å². The maximum atomic E-state index is 12.8. The number of aryl methyl sites for hydroxylation is 1. The van der Waals surface area contributed by atoms with E-state index in [1.807, 2.05) is 37.3 Å². The topological polar surface area (TPSA) is 69.6 Å². The van der Waals surface area contributed by atoms with Crippen LogP contribution in [-0.4, -0.2) is 24.7 Å². The van der Waals surface area contributed by atoms with Gasteiger partial charge in [0.15, 0.2) is 0 Å². The molecule has 2 aromatic carbocycles. The molecule has 1 heterocycles. The largest absolute Gasteiger partial charge is 0.497 e. The summed E-state index contributed by atoms with van der Waals surface area (Å²) in [7, 11) is 3.13. The number of benzene rings is 2. The number of methoxy groups -OCH3 is 2. The number of ether oxygens (including phenoxy) is 2. The number of amides is 1. The van der Waals surface area contributed by atoms with Crippen molar-refractivity contribution in [3.05, 3.63) is 87.8 Å². The average molecular weight is 378 g/mol. The fourth-order valence-electron chi connectivity index (χ4n) is 2.87. The third-order valence-electron chi connectivity index (χ3n) is 4.38. The first-order valence-corrected chi connectivity index (χ1v) is 8.80. The highest BCUT2D eigenvalue weighted by molar-refractivity contribution is 6.04. The molecule has 1 amide bonds. The van der Waals surface area contributed by atoms with Gasteiger partial charge in [-0.05, 0) is 54.4 Å². The van der Waals surface area contributed by atoms with Crippen LogP contribution in [0.25, 0.3) is 0 Å². The predicted octanol–water partition coefficient (Wildman–Crippen LogP) is 3.47. The van der Waals surface area contributed by atoms with Gasteiger partial charge >= 0.3 is 0 Å². The molecule has 28 heavy (non-hydrogen) atoms. The van der Waals surface area contributed by atoms with Crippen molar-refractivity contribution in [3.8, 4) is 11.5 Å². The number of aromatic nitrogens is 1. The molecule has 3 rings (SSSR count). The Morgan fingerprint density at radius 2 is 1.79 bits per heavy atom. The Morgan fingerprint density at radius 3 is 2.46 bits per heavy atom. The molecule has 1 N–H and O–H groups in total. The number of hydrogen-bond donors (Lipinski definition) is 1. The first kappa shape index (κ1) is 19.2. The van der Waals surface area contributed by atoms with Crippen LogP contribution >= 0.6 is 0 Å². The van der Waals surface area contributed by atoms with E-state index >= 15 is 0 Å². The van der Waals surface area contributed by atoms with Crippen LogP contribution in [0.3, 0.4) is 0 Å². The fourth-order valence-corrected chi connectivity index (χ4v) is 2.87. The van der Waals surface area contributed by atoms with Gasteiger partial charge in [-0.1, -0.05) is 18.2 Å². The number of carbonyl (C=O) groups excluding carboxylic acids is 1. The van der Waals surface area contributed by atoms with E-state index in [1.54, 1.807) is 31.5 Å². The number of hydrogen-bond acceptors (Lipinski definition) is 4. The van der Waals surface area contributed by atoms with E-state index in [1.165, 1.54) is 17.7 Å². The lowest BCUT2D eigenvalue weighted by molar-refractivity contribution is 0.102. The summed E-state index contributed by atoms with van der Waals surface area (Å²) in [6.07, 6.45) is 1.66. The van der Waals surface area contributed by atoms with Gasteiger partial charge in [-0.15, -0.1) is 0 Å². The lowest BCUT2D eigenvalue weighted by Gasteiger charge is -2.12. The van der Waals surface area contributed by atoms with Gasteiger partial charge in [-0.2, -0.15) is 0 Å². The summed E-state index contributed by atoms with van der Waals surface area (Å²) < 4.78 is 11.9. The molecule has 0 spiro atoms. The predicted molar refractivity (Wildman–Crippen MR) is 108 cm³/mol. The summed E-state index contributed by atoms with van der Waals surface area (Å²) in [4.78, 5) is 25.5. The third kappa shape index (κ3) is 4.23. The Kier molecular flexibility index (Phi) is 5.79. The molecule has 0 fully saturated rings. The van der Waals surface area contributed by atoms with Crippen molar-refractivity contribution in [1.29, 1.82) is 0 Å². The van der Waals surface area contributed by atoms with Crippen LogP contribution in [0, 0.1) is 6.92 Å². The zero-order valence-electron chi connectivity index (χ0n) is 16.1. The highest BCUT2D eigenvalue weighted by Gasteiger charge is 2.15. The Balaban J connectivity index is 1.85. The SMILES string of the molecule is COc1ccc(Cn2cccc(C(=O)Nc3cc(C)ccc3OC)c2=O)cc1. The lowest BCUT2D eigenvalue weighted by Crippen LogP contribution is -2.29. The van der Waals surface area contributed by atoms with Crippen molar-refractivity contribution < 1.29 is 14.3 Å². The maximum absolute atomic E-state index is 12.8. The average Bonchev–Trinajstić information content (AvgIpc) is 2.70. The molecular weight excluding hydrogens is 356 g/mol. The van der Waals surface area contributed by atoms with Crippen molar-refractivity contribution in [3.63, 3.8) is 0 Å². The van der Waals surface area contributed by atoms with Gasteiger partial charge in [0, 0.05) is 6.20 Å². The van der Waals surface area contributed by atoms with Crippen LogP contribution in [0.4, 0.5) is 5.69 Å². The van der Waals surface area contributed by atoms with Gasteiger partial charge in [-0.25, -0.2) is 0 Å². The minimum absolute atomic E-state index is 0.0690. The van der Waals surface area contributed by atoms with Crippen molar-refractivity contribution in [1.82, 2.24) is 4.57 Å². The molecule has 0 saturated carbocycles. The third-order valence-corrected chi connectivity index (χ3v) is 4.38. The first-order valence-electron chi connectivity index (χ1n) is 8.80. The zero-order valence-corrected chi connectivity index (χ0v) is 16.1. The molecule has 0 bridgehead atoms. The Labute approximate surface area is 163 Å². The second kappa shape index (κ2) is 8.43.